The van der Waals surface area contributed by atoms with Gasteiger partial charge < -0.3 is 11.1 Å². The van der Waals surface area contributed by atoms with E-state index in [2.05, 4.69) is 5.32 Å². The molecule has 14 heavy (non-hydrogen) atoms. The number of hydrogen-bond donors (Lipinski definition) is 2. The monoisotopic (exact) mass is 192 g/mol. The molecule has 1 atom stereocenters. The second-order valence-electron chi connectivity index (χ2n) is 3.49. The zero-order valence-electron chi connectivity index (χ0n) is 8.58. The fourth-order valence-corrected chi connectivity index (χ4v) is 1.06. The molecule has 0 saturated heterocycles. The SMILES string of the molecule is Cc1ccc(CNC(=O)[C@@H](C)N)cc1. The molecule has 3 nitrogen and oxygen atoms in total. The molecule has 0 saturated carbocycles. The van der Waals surface area contributed by atoms with Gasteiger partial charge in [0.1, 0.15) is 0 Å². The van der Waals surface area contributed by atoms with E-state index >= 15 is 0 Å². The van der Waals surface area contributed by atoms with Gasteiger partial charge in [-0.3, -0.25) is 4.79 Å². The largest absolute Gasteiger partial charge is 0.351 e. The lowest BCUT2D eigenvalue weighted by Crippen LogP contribution is -2.37. The van der Waals surface area contributed by atoms with Crippen molar-refractivity contribution in [2.24, 2.45) is 5.73 Å². The summed E-state index contributed by atoms with van der Waals surface area (Å²) in [6.45, 7) is 4.25. The first kappa shape index (κ1) is 10.7. The van der Waals surface area contributed by atoms with E-state index in [-0.39, 0.29) is 5.91 Å². The van der Waals surface area contributed by atoms with Gasteiger partial charge in [0, 0.05) is 6.54 Å². The Labute approximate surface area is 84.3 Å². The molecule has 0 aliphatic heterocycles. The highest BCUT2D eigenvalue weighted by atomic mass is 16.2. The van der Waals surface area contributed by atoms with Crippen molar-refractivity contribution in [2.45, 2.75) is 26.4 Å². The van der Waals surface area contributed by atoms with Gasteiger partial charge >= 0.3 is 0 Å². The molecule has 0 aliphatic rings. The molecule has 0 radical (unpaired) electrons. The van der Waals surface area contributed by atoms with Gasteiger partial charge in [-0.15, -0.1) is 0 Å². The van der Waals surface area contributed by atoms with Crippen LogP contribution in [0.3, 0.4) is 0 Å². The van der Waals surface area contributed by atoms with Crippen LogP contribution < -0.4 is 11.1 Å². The molecule has 0 spiro atoms. The van der Waals surface area contributed by atoms with Crippen LogP contribution in [0.2, 0.25) is 0 Å². The van der Waals surface area contributed by atoms with Gasteiger partial charge in [-0.05, 0) is 19.4 Å². The Morgan fingerprint density at radius 2 is 2.00 bits per heavy atom. The van der Waals surface area contributed by atoms with Crippen molar-refractivity contribution >= 4 is 5.91 Å². The molecule has 1 amide bonds. The van der Waals surface area contributed by atoms with E-state index in [1.54, 1.807) is 6.92 Å². The van der Waals surface area contributed by atoms with Crippen LogP contribution in [0.5, 0.6) is 0 Å². The minimum atomic E-state index is -0.444. The molecule has 0 aliphatic carbocycles. The molecule has 0 heterocycles. The fraction of sp³-hybridized carbons (Fsp3) is 0.364. The predicted molar refractivity (Wildman–Crippen MR) is 56.7 cm³/mol. The highest BCUT2D eigenvalue weighted by Gasteiger charge is 2.05. The zero-order valence-corrected chi connectivity index (χ0v) is 8.58. The van der Waals surface area contributed by atoms with Crippen LogP contribution in [0.25, 0.3) is 0 Å². The van der Waals surface area contributed by atoms with Crippen molar-refractivity contribution in [2.75, 3.05) is 0 Å². The maximum Gasteiger partial charge on any atom is 0.236 e. The van der Waals surface area contributed by atoms with Crippen molar-refractivity contribution in [1.82, 2.24) is 5.32 Å². The summed E-state index contributed by atoms with van der Waals surface area (Å²) in [6, 6.07) is 7.59. The average Bonchev–Trinajstić information content (AvgIpc) is 2.16. The lowest BCUT2D eigenvalue weighted by molar-refractivity contribution is -0.122. The van der Waals surface area contributed by atoms with Crippen LogP contribution in [0.1, 0.15) is 18.1 Å². The van der Waals surface area contributed by atoms with Crippen molar-refractivity contribution < 1.29 is 4.79 Å². The van der Waals surface area contributed by atoms with Gasteiger partial charge in [0.2, 0.25) is 5.91 Å². The van der Waals surface area contributed by atoms with Gasteiger partial charge in [-0.1, -0.05) is 29.8 Å². The Kier molecular flexibility index (Phi) is 3.65. The van der Waals surface area contributed by atoms with E-state index in [9.17, 15) is 4.79 Å². The fourth-order valence-electron chi connectivity index (χ4n) is 1.06. The summed E-state index contributed by atoms with van der Waals surface area (Å²) < 4.78 is 0. The van der Waals surface area contributed by atoms with Crippen LogP contribution in [-0.4, -0.2) is 11.9 Å². The molecule has 0 aromatic heterocycles. The van der Waals surface area contributed by atoms with Crippen LogP contribution in [0.4, 0.5) is 0 Å². The summed E-state index contributed by atoms with van der Waals surface area (Å²) >= 11 is 0. The first-order valence-electron chi connectivity index (χ1n) is 4.68. The average molecular weight is 192 g/mol. The first-order chi connectivity index (χ1) is 6.59. The number of nitrogens with one attached hydrogen (secondary N) is 1. The Morgan fingerprint density at radius 3 is 2.50 bits per heavy atom. The molecule has 1 rings (SSSR count). The topological polar surface area (TPSA) is 55.1 Å². The van der Waals surface area contributed by atoms with Crippen LogP contribution in [0.15, 0.2) is 24.3 Å². The molecule has 3 N–H and O–H groups in total. The maximum atomic E-state index is 11.1. The number of rotatable bonds is 3. The quantitative estimate of drug-likeness (QED) is 0.749. The zero-order chi connectivity index (χ0) is 10.6. The molecule has 1 aromatic carbocycles. The van der Waals surface area contributed by atoms with Gasteiger partial charge in [0.05, 0.1) is 6.04 Å². The van der Waals surface area contributed by atoms with Crippen LogP contribution >= 0.6 is 0 Å². The summed E-state index contributed by atoms with van der Waals surface area (Å²) in [4.78, 5) is 11.1. The van der Waals surface area contributed by atoms with E-state index in [0.29, 0.717) is 6.54 Å². The minimum absolute atomic E-state index is 0.120. The maximum absolute atomic E-state index is 11.1. The smallest absolute Gasteiger partial charge is 0.236 e. The number of benzene rings is 1. The van der Waals surface area contributed by atoms with Gasteiger partial charge in [0.15, 0.2) is 0 Å². The second-order valence-corrected chi connectivity index (χ2v) is 3.49. The Bertz CT molecular complexity index is 304. The number of amides is 1. The van der Waals surface area contributed by atoms with E-state index < -0.39 is 6.04 Å². The Morgan fingerprint density at radius 1 is 1.43 bits per heavy atom. The molecule has 0 fully saturated rings. The molecule has 3 heteroatoms. The third kappa shape index (κ3) is 3.18. The van der Waals surface area contributed by atoms with Crippen molar-refractivity contribution in [3.05, 3.63) is 35.4 Å². The predicted octanol–water partition coefficient (Wildman–Crippen LogP) is 0.958. The molecule has 1 aromatic rings. The number of carbonyl (C=O) groups is 1. The molecular weight excluding hydrogens is 176 g/mol. The lowest BCUT2D eigenvalue weighted by Gasteiger charge is -2.07. The second kappa shape index (κ2) is 4.77. The normalized spacial score (nSPS) is 12.2. The Hall–Kier alpha value is -1.35. The third-order valence-corrected chi connectivity index (χ3v) is 2.00. The van der Waals surface area contributed by atoms with Crippen LogP contribution in [0, 0.1) is 6.92 Å². The van der Waals surface area contributed by atoms with E-state index in [1.165, 1.54) is 5.56 Å². The van der Waals surface area contributed by atoms with Crippen molar-refractivity contribution in [3.63, 3.8) is 0 Å². The highest BCUT2D eigenvalue weighted by molar-refractivity contribution is 5.80. The van der Waals surface area contributed by atoms with Gasteiger partial charge in [-0.25, -0.2) is 0 Å². The summed E-state index contributed by atoms with van der Waals surface area (Å²) in [5.74, 6) is -0.120. The van der Waals surface area contributed by atoms with E-state index in [0.717, 1.165) is 5.56 Å². The number of hydrogen-bond acceptors (Lipinski definition) is 2. The summed E-state index contributed by atoms with van der Waals surface area (Å²) in [5.41, 5.74) is 7.71. The lowest BCUT2D eigenvalue weighted by atomic mass is 10.1. The number of aryl methyl sites for hydroxylation is 1. The Balaban J connectivity index is 2.46. The van der Waals surface area contributed by atoms with Crippen molar-refractivity contribution in [3.8, 4) is 0 Å². The van der Waals surface area contributed by atoms with Gasteiger partial charge in [0.25, 0.3) is 0 Å². The number of nitrogens with two attached hydrogens (primary N) is 1. The summed E-state index contributed by atoms with van der Waals surface area (Å²) in [5, 5.41) is 2.75. The third-order valence-electron chi connectivity index (χ3n) is 2.00. The van der Waals surface area contributed by atoms with E-state index in [4.69, 9.17) is 5.73 Å². The molecule has 0 unspecified atom stereocenters. The number of carbonyl (C=O) groups excluding carboxylic acids is 1. The minimum Gasteiger partial charge on any atom is -0.351 e. The molecule has 0 bridgehead atoms. The van der Waals surface area contributed by atoms with Crippen LogP contribution in [-0.2, 0) is 11.3 Å². The van der Waals surface area contributed by atoms with Gasteiger partial charge in [-0.2, -0.15) is 0 Å². The molecule has 76 valence electrons. The highest BCUT2D eigenvalue weighted by Crippen LogP contribution is 2.02. The summed E-state index contributed by atoms with van der Waals surface area (Å²) in [6.07, 6.45) is 0. The standard InChI is InChI=1S/C11H16N2O/c1-8-3-5-10(6-4-8)7-13-11(14)9(2)12/h3-6,9H,7,12H2,1-2H3,(H,13,14)/t9-/m1/s1. The first-order valence-corrected chi connectivity index (χ1v) is 4.68. The van der Waals surface area contributed by atoms with E-state index in [1.807, 2.05) is 31.2 Å². The van der Waals surface area contributed by atoms with Crippen molar-refractivity contribution in [1.29, 1.82) is 0 Å². The molecular formula is C11H16N2O. The summed E-state index contributed by atoms with van der Waals surface area (Å²) in [7, 11) is 0.